The van der Waals surface area contributed by atoms with Crippen LogP contribution >= 0.6 is 0 Å². The second kappa shape index (κ2) is 6.05. The highest BCUT2D eigenvalue weighted by molar-refractivity contribution is 6.09. The average molecular weight is 360 g/mol. The summed E-state index contributed by atoms with van der Waals surface area (Å²) in [6.45, 7) is 4.43. The molecule has 0 saturated carbocycles. The molecule has 1 unspecified atom stereocenters. The predicted molar refractivity (Wildman–Crippen MR) is 90.4 cm³/mol. The zero-order valence-electron chi connectivity index (χ0n) is 14.5. The van der Waals surface area contributed by atoms with Gasteiger partial charge in [-0.2, -0.15) is 0 Å². The van der Waals surface area contributed by atoms with Crippen LogP contribution in [0.25, 0.3) is 0 Å². The van der Waals surface area contributed by atoms with E-state index in [4.69, 9.17) is 0 Å². The smallest absolute Gasteiger partial charge is 0.325 e. The highest BCUT2D eigenvalue weighted by Crippen LogP contribution is 2.30. The van der Waals surface area contributed by atoms with Crippen molar-refractivity contribution in [1.82, 2.24) is 20.4 Å². The van der Waals surface area contributed by atoms with E-state index < -0.39 is 23.3 Å². The van der Waals surface area contributed by atoms with Crippen LogP contribution in [0.1, 0.15) is 12.5 Å². The molecule has 3 heterocycles. The summed E-state index contributed by atoms with van der Waals surface area (Å²) < 4.78 is 13.2. The molecule has 3 fully saturated rings. The average Bonchev–Trinajstić information content (AvgIpc) is 3.25. The molecule has 1 aromatic rings. The van der Waals surface area contributed by atoms with E-state index in [1.165, 1.54) is 24.3 Å². The summed E-state index contributed by atoms with van der Waals surface area (Å²) in [6.07, 6.45) is 0. The molecule has 0 bridgehead atoms. The summed E-state index contributed by atoms with van der Waals surface area (Å²) in [4.78, 5) is 40.5. The van der Waals surface area contributed by atoms with Gasteiger partial charge in [0.05, 0.1) is 0 Å². The van der Waals surface area contributed by atoms with E-state index in [1.54, 1.807) is 11.8 Å². The number of carbonyl (C=O) groups is 3. The minimum Gasteiger partial charge on any atom is -0.340 e. The molecule has 7 nitrogen and oxygen atoms in total. The lowest BCUT2D eigenvalue weighted by Gasteiger charge is -2.23. The Morgan fingerprint density at radius 2 is 1.81 bits per heavy atom. The Kier molecular flexibility index (Phi) is 3.95. The van der Waals surface area contributed by atoms with Crippen LogP contribution in [0, 0.1) is 17.7 Å². The number of carbonyl (C=O) groups excluding carboxylic acids is 3. The third-order valence-electron chi connectivity index (χ3n) is 5.73. The number of nitrogens with one attached hydrogen (secondary N) is 2. The van der Waals surface area contributed by atoms with Gasteiger partial charge in [-0.05, 0) is 36.5 Å². The van der Waals surface area contributed by atoms with Gasteiger partial charge < -0.3 is 15.5 Å². The van der Waals surface area contributed by atoms with Crippen LogP contribution in [0.2, 0.25) is 0 Å². The van der Waals surface area contributed by atoms with Crippen LogP contribution in [-0.2, 0) is 15.1 Å². The maximum atomic E-state index is 13.2. The first-order valence-corrected chi connectivity index (χ1v) is 8.77. The molecule has 4 amide bonds. The molecule has 0 radical (unpaired) electrons. The van der Waals surface area contributed by atoms with Crippen molar-refractivity contribution in [2.24, 2.45) is 11.8 Å². The maximum absolute atomic E-state index is 13.2. The van der Waals surface area contributed by atoms with Crippen molar-refractivity contribution < 1.29 is 18.8 Å². The first-order valence-electron chi connectivity index (χ1n) is 8.77. The van der Waals surface area contributed by atoms with Crippen LogP contribution in [0.15, 0.2) is 24.3 Å². The monoisotopic (exact) mass is 360 g/mol. The maximum Gasteiger partial charge on any atom is 0.325 e. The number of rotatable bonds is 3. The summed E-state index contributed by atoms with van der Waals surface area (Å²) in [6, 6.07) is 4.81. The lowest BCUT2D eigenvalue weighted by Crippen LogP contribution is -2.44. The molecule has 138 valence electrons. The minimum atomic E-state index is -1.30. The summed E-state index contributed by atoms with van der Waals surface area (Å²) >= 11 is 0. The number of likely N-dealkylation sites (tertiary alicyclic amines) is 1. The number of fused-ring (bicyclic) bond motifs is 1. The van der Waals surface area contributed by atoms with Crippen molar-refractivity contribution in [1.29, 1.82) is 0 Å². The number of hydrogen-bond acceptors (Lipinski definition) is 4. The molecule has 26 heavy (non-hydrogen) atoms. The number of imide groups is 1. The molecule has 3 atom stereocenters. The largest absolute Gasteiger partial charge is 0.340 e. The number of benzene rings is 1. The van der Waals surface area contributed by atoms with Crippen molar-refractivity contribution >= 4 is 17.8 Å². The SMILES string of the molecule is CC1(c2ccc(F)cc2)NC(=O)N(CC(=O)N2C[C@H]3CNC[C@H]3C2)C1=O. The number of urea groups is 1. The molecule has 3 saturated heterocycles. The fraction of sp³-hybridized carbons (Fsp3) is 0.500. The molecule has 3 aliphatic heterocycles. The van der Waals surface area contributed by atoms with Gasteiger partial charge >= 0.3 is 6.03 Å². The minimum absolute atomic E-state index is 0.216. The second-order valence-electron chi connectivity index (χ2n) is 7.43. The molecule has 0 spiro atoms. The first-order chi connectivity index (χ1) is 12.4. The van der Waals surface area contributed by atoms with Gasteiger partial charge in [-0.3, -0.25) is 14.5 Å². The van der Waals surface area contributed by atoms with Gasteiger partial charge in [0.1, 0.15) is 17.9 Å². The summed E-state index contributed by atoms with van der Waals surface area (Å²) in [7, 11) is 0. The van der Waals surface area contributed by atoms with Crippen molar-refractivity contribution in [2.75, 3.05) is 32.7 Å². The molecular formula is C18H21FN4O3. The topological polar surface area (TPSA) is 81.8 Å². The molecule has 4 rings (SSSR count). The van der Waals surface area contributed by atoms with Crippen molar-refractivity contribution in [3.05, 3.63) is 35.6 Å². The zero-order valence-corrected chi connectivity index (χ0v) is 14.5. The van der Waals surface area contributed by atoms with Gasteiger partial charge in [0.25, 0.3) is 5.91 Å². The van der Waals surface area contributed by atoms with Gasteiger partial charge in [0, 0.05) is 26.2 Å². The molecule has 2 N–H and O–H groups in total. The third-order valence-corrected chi connectivity index (χ3v) is 5.73. The van der Waals surface area contributed by atoms with Crippen LogP contribution in [0.5, 0.6) is 0 Å². The predicted octanol–water partition coefficient (Wildman–Crippen LogP) is 0.271. The van der Waals surface area contributed by atoms with Gasteiger partial charge in [-0.1, -0.05) is 12.1 Å². The summed E-state index contributed by atoms with van der Waals surface area (Å²) in [5.41, 5.74) is -0.815. The van der Waals surface area contributed by atoms with E-state index in [1.807, 2.05) is 0 Å². The Labute approximate surface area is 150 Å². The van der Waals surface area contributed by atoms with E-state index in [9.17, 15) is 18.8 Å². The number of nitrogens with zero attached hydrogens (tertiary/aromatic N) is 2. The van der Waals surface area contributed by atoms with Gasteiger partial charge in [0.2, 0.25) is 5.91 Å². The standard InChI is InChI=1S/C18H21FN4O3/c1-18(13-2-4-14(19)5-3-13)16(25)23(17(26)21-18)10-15(24)22-8-11-6-20-7-12(11)9-22/h2-5,11-12,20H,6-10H2,1H3,(H,21,26)/t11-,12+,18?. The van der Waals surface area contributed by atoms with Crippen LogP contribution in [0.4, 0.5) is 9.18 Å². The quantitative estimate of drug-likeness (QED) is 0.759. The lowest BCUT2D eigenvalue weighted by atomic mass is 9.92. The summed E-state index contributed by atoms with van der Waals surface area (Å²) in [5, 5.41) is 5.95. The number of hydrogen-bond donors (Lipinski definition) is 2. The molecule has 3 aliphatic rings. The number of halogens is 1. The van der Waals surface area contributed by atoms with Crippen molar-refractivity contribution in [2.45, 2.75) is 12.5 Å². The lowest BCUT2D eigenvalue weighted by molar-refractivity contribution is -0.138. The Hall–Kier alpha value is -2.48. The fourth-order valence-corrected chi connectivity index (χ4v) is 4.11. The zero-order chi connectivity index (χ0) is 18.5. The van der Waals surface area contributed by atoms with Gasteiger partial charge in [-0.15, -0.1) is 0 Å². The third kappa shape index (κ3) is 2.65. The second-order valence-corrected chi connectivity index (χ2v) is 7.43. The van der Waals surface area contributed by atoms with E-state index in [-0.39, 0.29) is 12.5 Å². The van der Waals surface area contributed by atoms with E-state index >= 15 is 0 Å². The van der Waals surface area contributed by atoms with E-state index in [0.717, 1.165) is 18.0 Å². The van der Waals surface area contributed by atoms with E-state index in [2.05, 4.69) is 10.6 Å². The molecule has 8 heteroatoms. The fourth-order valence-electron chi connectivity index (χ4n) is 4.11. The van der Waals surface area contributed by atoms with Crippen molar-refractivity contribution in [3.8, 4) is 0 Å². The summed E-state index contributed by atoms with van der Waals surface area (Å²) in [5.74, 6) is -0.233. The van der Waals surface area contributed by atoms with E-state index in [0.29, 0.717) is 30.5 Å². The van der Waals surface area contributed by atoms with Crippen LogP contribution < -0.4 is 10.6 Å². The molecule has 0 aliphatic carbocycles. The Morgan fingerprint density at radius 3 is 2.42 bits per heavy atom. The molecular weight excluding hydrogens is 339 g/mol. The normalized spacial score (nSPS) is 30.7. The molecule has 0 aromatic heterocycles. The Bertz CT molecular complexity index is 756. The van der Waals surface area contributed by atoms with Crippen LogP contribution in [-0.4, -0.2) is 60.4 Å². The highest BCUT2D eigenvalue weighted by atomic mass is 19.1. The molecule has 1 aromatic carbocycles. The Morgan fingerprint density at radius 1 is 1.19 bits per heavy atom. The van der Waals surface area contributed by atoms with Gasteiger partial charge in [0.15, 0.2) is 0 Å². The van der Waals surface area contributed by atoms with Crippen molar-refractivity contribution in [3.63, 3.8) is 0 Å². The van der Waals surface area contributed by atoms with Crippen LogP contribution in [0.3, 0.4) is 0 Å². The number of amides is 4. The Balaban J connectivity index is 1.47. The van der Waals surface area contributed by atoms with Gasteiger partial charge in [-0.25, -0.2) is 9.18 Å². The first kappa shape index (κ1) is 17.0. The highest BCUT2D eigenvalue weighted by Gasteiger charge is 2.50.